The Morgan fingerprint density at radius 1 is 1.18 bits per heavy atom. The summed E-state index contributed by atoms with van der Waals surface area (Å²) in [5, 5.41) is 10.7. The number of piperidine rings is 1. The van der Waals surface area contributed by atoms with Gasteiger partial charge in [-0.25, -0.2) is 0 Å². The number of hydrogen-bond donors (Lipinski definition) is 1. The van der Waals surface area contributed by atoms with Gasteiger partial charge in [0.1, 0.15) is 0 Å². The summed E-state index contributed by atoms with van der Waals surface area (Å²) in [5.41, 5.74) is 1.21. The van der Waals surface area contributed by atoms with E-state index >= 15 is 0 Å². The van der Waals surface area contributed by atoms with E-state index in [0.29, 0.717) is 10.0 Å². The van der Waals surface area contributed by atoms with Crippen LogP contribution in [-0.2, 0) is 6.42 Å². The number of hydrogen-bond acceptors (Lipinski definition) is 2. The molecule has 2 rings (SSSR count). The van der Waals surface area contributed by atoms with Gasteiger partial charge in [-0.1, -0.05) is 29.3 Å². The fourth-order valence-corrected chi connectivity index (χ4v) is 2.45. The van der Waals surface area contributed by atoms with E-state index in [0.717, 1.165) is 38.9 Å². The minimum absolute atomic E-state index is 0.101. The number of aliphatic hydroxyl groups excluding tert-OH is 1. The Bertz CT molecular complexity index is 376. The predicted octanol–water partition coefficient (Wildman–Crippen LogP) is 2.99. The van der Waals surface area contributed by atoms with Crippen molar-refractivity contribution in [3.05, 3.63) is 33.8 Å². The first-order chi connectivity index (χ1) is 8.15. The van der Waals surface area contributed by atoms with Crippen molar-refractivity contribution in [1.82, 2.24) is 4.90 Å². The van der Waals surface area contributed by atoms with Crippen molar-refractivity contribution in [2.45, 2.75) is 25.4 Å². The van der Waals surface area contributed by atoms with Crippen LogP contribution in [0.3, 0.4) is 0 Å². The largest absolute Gasteiger partial charge is 0.393 e. The third kappa shape index (κ3) is 3.85. The van der Waals surface area contributed by atoms with Gasteiger partial charge in [-0.2, -0.15) is 0 Å². The molecular formula is C13H17Cl2NO. The van der Waals surface area contributed by atoms with E-state index in [2.05, 4.69) is 4.90 Å². The van der Waals surface area contributed by atoms with Crippen molar-refractivity contribution < 1.29 is 5.11 Å². The standard InChI is InChI=1S/C13H17Cl2NO/c14-12-2-1-10(9-13(12)15)3-6-16-7-4-11(17)5-8-16/h1-2,9,11,17H,3-8H2. The Labute approximate surface area is 112 Å². The molecule has 0 unspecified atom stereocenters. The lowest BCUT2D eigenvalue weighted by Crippen LogP contribution is -2.37. The highest BCUT2D eigenvalue weighted by Gasteiger charge is 2.16. The Morgan fingerprint density at radius 2 is 1.88 bits per heavy atom. The zero-order valence-electron chi connectivity index (χ0n) is 9.70. The van der Waals surface area contributed by atoms with Gasteiger partial charge in [0, 0.05) is 19.6 Å². The first kappa shape index (κ1) is 13.2. The van der Waals surface area contributed by atoms with Gasteiger partial charge in [-0.05, 0) is 37.0 Å². The number of likely N-dealkylation sites (tertiary alicyclic amines) is 1. The number of aliphatic hydroxyl groups is 1. The highest BCUT2D eigenvalue weighted by Crippen LogP contribution is 2.23. The van der Waals surface area contributed by atoms with Crippen molar-refractivity contribution in [3.63, 3.8) is 0 Å². The minimum Gasteiger partial charge on any atom is -0.393 e. The molecule has 1 aromatic rings. The van der Waals surface area contributed by atoms with Gasteiger partial charge in [0.2, 0.25) is 0 Å². The third-order valence-electron chi connectivity index (χ3n) is 3.26. The van der Waals surface area contributed by atoms with Gasteiger partial charge in [-0.15, -0.1) is 0 Å². The zero-order valence-corrected chi connectivity index (χ0v) is 11.2. The summed E-state index contributed by atoms with van der Waals surface area (Å²) in [7, 11) is 0. The molecule has 0 radical (unpaired) electrons. The van der Waals surface area contributed by atoms with Crippen LogP contribution in [0.5, 0.6) is 0 Å². The molecule has 1 aliphatic rings. The molecule has 0 saturated carbocycles. The molecule has 1 aliphatic heterocycles. The summed E-state index contributed by atoms with van der Waals surface area (Å²) >= 11 is 11.9. The van der Waals surface area contributed by atoms with Gasteiger partial charge in [0.25, 0.3) is 0 Å². The van der Waals surface area contributed by atoms with E-state index in [1.54, 1.807) is 0 Å². The third-order valence-corrected chi connectivity index (χ3v) is 4.00. The van der Waals surface area contributed by atoms with Crippen LogP contribution >= 0.6 is 23.2 Å². The second kappa shape index (κ2) is 6.05. The Hall–Kier alpha value is -0.280. The van der Waals surface area contributed by atoms with E-state index in [1.807, 2.05) is 18.2 Å². The van der Waals surface area contributed by atoms with Crippen molar-refractivity contribution in [1.29, 1.82) is 0 Å². The molecule has 94 valence electrons. The smallest absolute Gasteiger partial charge is 0.0595 e. The molecule has 0 bridgehead atoms. The number of halogens is 2. The van der Waals surface area contributed by atoms with Crippen molar-refractivity contribution in [3.8, 4) is 0 Å². The second-order valence-electron chi connectivity index (χ2n) is 4.57. The van der Waals surface area contributed by atoms with E-state index in [4.69, 9.17) is 23.2 Å². The molecule has 0 spiro atoms. The Balaban J connectivity index is 1.83. The molecule has 2 nitrogen and oxygen atoms in total. The van der Waals surface area contributed by atoms with E-state index in [9.17, 15) is 5.11 Å². The van der Waals surface area contributed by atoms with Crippen LogP contribution in [0, 0.1) is 0 Å². The van der Waals surface area contributed by atoms with E-state index < -0.39 is 0 Å². The first-order valence-electron chi connectivity index (χ1n) is 5.99. The quantitative estimate of drug-likeness (QED) is 0.916. The Morgan fingerprint density at radius 3 is 2.53 bits per heavy atom. The lowest BCUT2D eigenvalue weighted by molar-refractivity contribution is 0.0832. The van der Waals surface area contributed by atoms with E-state index in [-0.39, 0.29) is 6.10 Å². The van der Waals surface area contributed by atoms with Gasteiger partial charge >= 0.3 is 0 Å². The van der Waals surface area contributed by atoms with E-state index in [1.165, 1.54) is 5.56 Å². The molecular weight excluding hydrogens is 257 g/mol. The van der Waals surface area contributed by atoms with Crippen molar-refractivity contribution in [2.75, 3.05) is 19.6 Å². The summed E-state index contributed by atoms with van der Waals surface area (Å²) in [4.78, 5) is 2.38. The molecule has 0 aliphatic carbocycles. The Kier molecular flexibility index (Phi) is 4.69. The first-order valence-corrected chi connectivity index (χ1v) is 6.75. The second-order valence-corrected chi connectivity index (χ2v) is 5.39. The van der Waals surface area contributed by atoms with Gasteiger partial charge in [0.05, 0.1) is 16.1 Å². The zero-order chi connectivity index (χ0) is 12.3. The average Bonchev–Trinajstić information content (AvgIpc) is 2.33. The molecule has 1 saturated heterocycles. The van der Waals surface area contributed by atoms with Crippen LogP contribution in [-0.4, -0.2) is 35.7 Å². The highest BCUT2D eigenvalue weighted by atomic mass is 35.5. The van der Waals surface area contributed by atoms with Gasteiger partial charge in [-0.3, -0.25) is 0 Å². The van der Waals surface area contributed by atoms with Crippen LogP contribution in [0.2, 0.25) is 10.0 Å². The summed E-state index contributed by atoms with van der Waals surface area (Å²) in [6.45, 7) is 3.00. The van der Waals surface area contributed by atoms with Crippen molar-refractivity contribution in [2.24, 2.45) is 0 Å². The molecule has 0 aromatic heterocycles. The topological polar surface area (TPSA) is 23.5 Å². The highest BCUT2D eigenvalue weighted by molar-refractivity contribution is 6.42. The van der Waals surface area contributed by atoms with Crippen LogP contribution in [0.4, 0.5) is 0 Å². The molecule has 4 heteroatoms. The summed E-state index contributed by atoms with van der Waals surface area (Å²) in [6.07, 6.45) is 2.66. The normalized spacial score (nSPS) is 18.5. The molecule has 1 heterocycles. The predicted molar refractivity (Wildman–Crippen MR) is 71.8 cm³/mol. The van der Waals surface area contributed by atoms with Gasteiger partial charge in [0.15, 0.2) is 0 Å². The molecule has 0 amide bonds. The maximum absolute atomic E-state index is 9.42. The molecule has 0 atom stereocenters. The fraction of sp³-hybridized carbons (Fsp3) is 0.538. The molecule has 1 fully saturated rings. The van der Waals surface area contributed by atoms with Crippen molar-refractivity contribution >= 4 is 23.2 Å². The number of benzene rings is 1. The van der Waals surface area contributed by atoms with Crippen LogP contribution < -0.4 is 0 Å². The van der Waals surface area contributed by atoms with Gasteiger partial charge < -0.3 is 10.0 Å². The molecule has 1 aromatic carbocycles. The maximum Gasteiger partial charge on any atom is 0.0595 e. The SMILES string of the molecule is OC1CCN(CCc2ccc(Cl)c(Cl)c2)CC1. The van der Waals surface area contributed by atoms with Crippen LogP contribution in [0.15, 0.2) is 18.2 Å². The number of rotatable bonds is 3. The fourth-order valence-electron chi connectivity index (χ4n) is 2.13. The maximum atomic E-state index is 9.42. The minimum atomic E-state index is -0.101. The number of nitrogens with zero attached hydrogens (tertiary/aromatic N) is 1. The average molecular weight is 274 g/mol. The van der Waals surface area contributed by atoms with Crippen LogP contribution in [0.25, 0.3) is 0 Å². The molecule has 17 heavy (non-hydrogen) atoms. The monoisotopic (exact) mass is 273 g/mol. The molecule has 1 N–H and O–H groups in total. The summed E-state index contributed by atoms with van der Waals surface area (Å²) < 4.78 is 0. The summed E-state index contributed by atoms with van der Waals surface area (Å²) in [6, 6.07) is 5.80. The summed E-state index contributed by atoms with van der Waals surface area (Å²) in [5.74, 6) is 0. The van der Waals surface area contributed by atoms with Crippen LogP contribution in [0.1, 0.15) is 18.4 Å². The lowest BCUT2D eigenvalue weighted by Gasteiger charge is -2.29. The lowest BCUT2D eigenvalue weighted by atomic mass is 10.1.